The number of hydrogen-bond acceptors (Lipinski definition) is 7. The van der Waals surface area contributed by atoms with Crippen molar-refractivity contribution in [1.82, 2.24) is 5.16 Å². The lowest BCUT2D eigenvalue weighted by atomic mass is 10.1. The molecule has 0 atom stereocenters. The summed E-state index contributed by atoms with van der Waals surface area (Å²) in [6.07, 6.45) is 2.92. The molecule has 2 aromatic heterocycles. The number of aryl methyl sites for hydroxylation is 1. The van der Waals surface area contributed by atoms with Gasteiger partial charge in [-0.3, -0.25) is 20.2 Å². The predicted octanol–water partition coefficient (Wildman–Crippen LogP) is 4.23. The highest BCUT2D eigenvalue weighted by Gasteiger charge is 2.22. The fourth-order valence-electron chi connectivity index (χ4n) is 2.22. The number of aromatic nitrogens is 1. The van der Waals surface area contributed by atoms with Crippen molar-refractivity contribution in [3.8, 4) is 11.3 Å². The molecule has 0 spiro atoms. The number of nitrogens with zero attached hydrogens (tertiary/aromatic N) is 3. The summed E-state index contributed by atoms with van der Waals surface area (Å²) in [7, 11) is 0. The maximum Gasteiger partial charge on any atom is 0.338 e. The third kappa shape index (κ3) is 3.29. The van der Waals surface area contributed by atoms with E-state index in [1.807, 2.05) is 0 Å². The zero-order chi connectivity index (χ0) is 18.0. The molecular formula is C16H11N3O6. The summed E-state index contributed by atoms with van der Waals surface area (Å²) in [4.78, 5) is 20.6. The van der Waals surface area contributed by atoms with Crippen LogP contribution in [0, 0.1) is 27.2 Å². The van der Waals surface area contributed by atoms with Crippen LogP contribution in [0.5, 0.6) is 0 Å². The van der Waals surface area contributed by atoms with Crippen molar-refractivity contribution >= 4 is 23.5 Å². The number of hydrogen-bond donors (Lipinski definition) is 0. The largest absolute Gasteiger partial charge is 0.457 e. The van der Waals surface area contributed by atoms with Gasteiger partial charge in [-0.25, -0.2) is 0 Å². The van der Waals surface area contributed by atoms with Crippen molar-refractivity contribution in [3.05, 3.63) is 73.8 Å². The molecule has 1 aromatic carbocycles. The van der Waals surface area contributed by atoms with Crippen LogP contribution in [-0.4, -0.2) is 15.0 Å². The minimum absolute atomic E-state index is 0.0107. The van der Waals surface area contributed by atoms with Crippen LogP contribution in [0.3, 0.4) is 0 Å². The molecule has 0 fully saturated rings. The molecule has 126 valence electrons. The van der Waals surface area contributed by atoms with E-state index in [0.717, 1.165) is 0 Å². The van der Waals surface area contributed by atoms with Crippen molar-refractivity contribution in [2.24, 2.45) is 0 Å². The summed E-state index contributed by atoms with van der Waals surface area (Å²) in [5.41, 5.74) is 0.657. The van der Waals surface area contributed by atoms with Crippen LogP contribution in [0.1, 0.15) is 17.2 Å². The van der Waals surface area contributed by atoms with E-state index in [-0.39, 0.29) is 22.8 Å². The van der Waals surface area contributed by atoms with Gasteiger partial charge in [0, 0.05) is 17.7 Å². The Hall–Kier alpha value is -3.75. The highest BCUT2D eigenvalue weighted by atomic mass is 16.6. The summed E-state index contributed by atoms with van der Waals surface area (Å²) in [6.45, 7) is 1.48. The Morgan fingerprint density at radius 2 is 1.72 bits per heavy atom. The van der Waals surface area contributed by atoms with Crippen LogP contribution in [0.2, 0.25) is 0 Å². The number of benzene rings is 1. The second kappa shape index (κ2) is 6.40. The van der Waals surface area contributed by atoms with Gasteiger partial charge in [-0.2, -0.15) is 0 Å². The number of non-ortho nitro benzene ring substituents is 1. The minimum Gasteiger partial charge on any atom is -0.457 e. The molecule has 25 heavy (non-hydrogen) atoms. The van der Waals surface area contributed by atoms with Crippen LogP contribution < -0.4 is 0 Å². The van der Waals surface area contributed by atoms with Gasteiger partial charge in [-0.1, -0.05) is 5.16 Å². The zero-order valence-electron chi connectivity index (χ0n) is 12.9. The Bertz CT molecular complexity index is 968. The first-order chi connectivity index (χ1) is 12.0. The molecule has 2 heterocycles. The quantitative estimate of drug-likeness (QED) is 0.502. The van der Waals surface area contributed by atoms with Gasteiger partial charge in [0.2, 0.25) is 5.76 Å². The lowest BCUT2D eigenvalue weighted by Gasteiger charge is -1.96. The molecule has 0 saturated heterocycles. The molecular weight excluding hydrogens is 330 g/mol. The van der Waals surface area contributed by atoms with Crippen LogP contribution in [0.25, 0.3) is 23.5 Å². The lowest BCUT2D eigenvalue weighted by molar-refractivity contribution is -0.386. The van der Waals surface area contributed by atoms with Crippen molar-refractivity contribution < 1.29 is 18.8 Å². The number of furan rings is 1. The van der Waals surface area contributed by atoms with Crippen LogP contribution in [-0.2, 0) is 0 Å². The number of rotatable bonds is 5. The third-order valence-electron chi connectivity index (χ3n) is 3.43. The topological polar surface area (TPSA) is 125 Å². The Balaban J connectivity index is 1.82. The van der Waals surface area contributed by atoms with Gasteiger partial charge in [0.15, 0.2) is 5.69 Å². The van der Waals surface area contributed by atoms with Crippen LogP contribution in [0.4, 0.5) is 11.4 Å². The van der Waals surface area contributed by atoms with E-state index in [1.54, 1.807) is 24.3 Å². The molecule has 9 nitrogen and oxygen atoms in total. The number of nitro benzene ring substituents is 1. The van der Waals surface area contributed by atoms with E-state index in [0.29, 0.717) is 17.1 Å². The molecule has 0 aliphatic carbocycles. The van der Waals surface area contributed by atoms with E-state index >= 15 is 0 Å². The lowest BCUT2D eigenvalue weighted by Crippen LogP contribution is -1.90. The third-order valence-corrected chi connectivity index (χ3v) is 3.43. The minimum atomic E-state index is -0.560. The van der Waals surface area contributed by atoms with Gasteiger partial charge < -0.3 is 8.94 Å². The van der Waals surface area contributed by atoms with Crippen LogP contribution >= 0.6 is 0 Å². The summed E-state index contributed by atoms with van der Waals surface area (Å²) >= 11 is 0. The van der Waals surface area contributed by atoms with Gasteiger partial charge >= 0.3 is 5.69 Å². The van der Waals surface area contributed by atoms with Crippen molar-refractivity contribution in [1.29, 1.82) is 0 Å². The molecule has 3 rings (SSSR count). The second-order valence-electron chi connectivity index (χ2n) is 5.08. The van der Waals surface area contributed by atoms with E-state index in [2.05, 4.69) is 5.16 Å². The van der Waals surface area contributed by atoms with E-state index in [9.17, 15) is 20.2 Å². The first kappa shape index (κ1) is 16.1. The fourth-order valence-corrected chi connectivity index (χ4v) is 2.22. The van der Waals surface area contributed by atoms with Gasteiger partial charge in [-0.15, -0.1) is 0 Å². The molecule has 0 N–H and O–H groups in total. The molecule has 0 amide bonds. The second-order valence-corrected chi connectivity index (χ2v) is 5.08. The fraction of sp³-hybridized carbons (Fsp3) is 0.0625. The van der Waals surface area contributed by atoms with E-state index in [4.69, 9.17) is 8.94 Å². The molecule has 0 bridgehead atoms. The van der Waals surface area contributed by atoms with Gasteiger partial charge in [0.05, 0.1) is 9.85 Å². The molecule has 0 saturated carbocycles. The highest BCUT2D eigenvalue weighted by Crippen LogP contribution is 2.27. The average Bonchev–Trinajstić information content (AvgIpc) is 3.19. The molecule has 3 aromatic rings. The molecule has 0 radical (unpaired) electrons. The smallest absolute Gasteiger partial charge is 0.338 e. The Morgan fingerprint density at radius 3 is 2.36 bits per heavy atom. The normalized spacial score (nSPS) is 11.1. The van der Waals surface area contributed by atoms with E-state index in [1.165, 1.54) is 31.2 Å². The van der Waals surface area contributed by atoms with Gasteiger partial charge in [-0.05, 0) is 43.3 Å². The summed E-state index contributed by atoms with van der Waals surface area (Å²) in [5, 5.41) is 25.2. The SMILES string of the molecule is Cc1noc(/C=C\c2ccc(-c3ccc([N+](=O)[O-])cc3)o2)c1[N+](=O)[O-]. The van der Waals surface area contributed by atoms with Crippen molar-refractivity contribution in [3.63, 3.8) is 0 Å². The highest BCUT2D eigenvalue weighted by molar-refractivity contribution is 5.71. The zero-order valence-corrected chi connectivity index (χ0v) is 12.9. The Labute approximate surface area is 140 Å². The first-order valence-electron chi connectivity index (χ1n) is 7.09. The molecule has 0 aliphatic rings. The monoisotopic (exact) mass is 341 g/mol. The molecule has 0 unspecified atom stereocenters. The molecule has 9 heteroatoms. The summed E-state index contributed by atoms with van der Waals surface area (Å²) in [5.74, 6) is 0.977. The first-order valence-corrected chi connectivity index (χ1v) is 7.09. The number of nitro groups is 2. The summed E-state index contributed by atoms with van der Waals surface area (Å²) < 4.78 is 10.5. The van der Waals surface area contributed by atoms with E-state index < -0.39 is 9.85 Å². The van der Waals surface area contributed by atoms with Gasteiger partial charge in [0.1, 0.15) is 11.5 Å². The maximum absolute atomic E-state index is 11.0. The average molecular weight is 341 g/mol. The Morgan fingerprint density at radius 1 is 1.00 bits per heavy atom. The molecule has 0 aliphatic heterocycles. The predicted molar refractivity (Wildman–Crippen MR) is 87.6 cm³/mol. The Kier molecular flexibility index (Phi) is 4.12. The van der Waals surface area contributed by atoms with Crippen molar-refractivity contribution in [2.45, 2.75) is 6.92 Å². The van der Waals surface area contributed by atoms with Crippen LogP contribution in [0.15, 0.2) is 45.3 Å². The van der Waals surface area contributed by atoms with Crippen molar-refractivity contribution in [2.75, 3.05) is 0 Å². The standard InChI is InChI=1S/C16H11N3O6/c1-10-16(19(22)23)15(25-17-10)9-7-13-6-8-14(24-13)11-2-4-12(5-3-11)18(20)21/h2-9H,1H3/b9-7-. The van der Waals surface area contributed by atoms with Gasteiger partial charge in [0.25, 0.3) is 5.69 Å². The maximum atomic E-state index is 11.0. The summed E-state index contributed by atoms with van der Waals surface area (Å²) in [6, 6.07) is 9.29.